The first-order valence-electron chi connectivity index (χ1n) is 21.4. The molecule has 0 N–H and O–H groups in total. The lowest BCUT2D eigenvalue weighted by Gasteiger charge is -2.46. The largest absolute Gasteiger partial charge is 0.0627 e. The molecule has 0 aliphatic heterocycles. The SMILES string of the molecule is CC(C)CC1(CC(C)C)c2ccccc2-c2cc3c(C(C)(C)C)cc4c5c(cc6c(C(C)(C)C)cc1c2c6c35)-c1ccccc1C4(CC(C)C)CC(C)C. The van der Waals surface area contributed by atoms with Crippen LogP contribution >= 0.6 is 0 Å². The van der Waals surface area contributed by atoms with Gasteiger partial charge in [0.05, 0.1) is 0 Å². The Kier molecular flexibility index (Phi) is 8.59. The quantitative estimate of drug-likeness (QED) is 0.138. The standard InChI is InChI=1S/C54H66/c1-31(2)27-53(28-32(3)4)41-21-17-15-19-35(41)37-23-40-44(52(12,13)14)26-46-48-38(24-39-43(51(9,10)11)25-45(53)47(37)49(39)50(40)48)36-20-16-18-22-42(36)54(46,29-33(5)6)30-34(7)8/h15-26,31-34H,27-30H2,1-14H3. The van der Waals surface area contributed by atoms with Crippen molar-refractivity contribution in [3.05, 3.63) is 106 Å². The molecule has 0 amide bonds. The van der Waals surface area contributed by atoms with Crippen molar-refractivity contribution in [3.8, 4) is 22.3 Å². The summed E-state index contributed by atoms with van der Waals surface area (Å²) in [7, 11) is 0. The zero-order valence-corrected chi connectivity index (χ0v) is 36.1. The molecule has 0 nitrogen and oxygen atoms in total. The molecule has 0 saturated heterocycles. The molecule has 0 radical (unpaired) electrons. The first-order chi connectivity index (χ1) is 25.3. The minimum Gasteiger partial charge on any atom is -0.0627 e. The van der Waals surface area contributed by atoms with Crippen LogP contribution in [0.25, 0.3) is 54.6 Å². The highest BCUT2D eigenvalue weighted by molar-refractivity contribution is 6.32. The number of rotatable bonds is 8. The van der Waals surface area contributed by atoms with Crippen molar-refractivity contribution < 1.29 is 0 Å². The molecular formula is C54H66. The Morgan fingerprint density at radius 1 is 0.389 bits per heavy atom. The molecule has 2 aliphatic rings. The van der Waals surface area contributed by atoms with E-state index in [2.05, 4.69) is 170 Å². The fraction of sp³-hybridized carbons (Fsp3) is 0.481. The predicted octanol–water partition coefficient (Wildman–Crippen LogP) is 15.9. The van der Waals surface area contributed by atoms with E-state index < -0.39 is 0 Å². The van der Waals surface area contributed by atoms with Crippen LogP contribution < -0.4 is 0 Å². The van der Waals surface area contributed by atoms with Gasteiger partial charge in [-0.1, -0.05) is 158 Å². The fourth-order valence-electron chi connectivity index (χ4n) is 12.0. The number of benzene rings is 6. The van der Waals surface area contributed by atoms with Crippen molar-refractivity contribution in [3.63, 3.8) is 0 Å². The van der Waals surface area contributed by atoms with Crippen LogP contribution in [0.4, 0.5) is 0 Å². The van der Waals surface area contributed by atoms with E-state index in [1.165, 1.54) is 65.7 Å². The highest BCUT2D eigenvalue weighted by atomic mass is 14.5. The van der Waals surface area contributed by atoms with E-state index in [1.807, 2.05) is 0 Å². The van der Waals surface area contributed by atoms with Gasteiger partial charge in [0.1, 0.15) is 0 Å². The van der Waals surface area contributed by atoms with Crippen molar-refractivity contribution in [2.45, 2.75) is 144 Å². The molecule has 0 heteroatoms. The van der Waals surface area contributed by atoms with E-state index >= 15 is 0 Å². The lowest BCUT2D eigenvalue weighted by molar-refractivity contribution is 0.332. The van der Waals surface area contributed by atoms with E-state index in [1.54, 1.807) is 22.3 Å². The molecule has 0 fully saturated rings. The minimum absolute atomic E-state index is 0.0347. The Bertz CT molecular complexity index is 2220. The van der Waals surface area contributed by atoms with Gasteiger partial charge in [-0.2, -0.15) is 0 Å². The van der Waals surface area contributed by atoms with E-state index in [0.29, 0.717) is 23.7 Å². The van der Waals surface area contributed by atoms with Gasteiger partial charge in [0.25, 0.3) is 0 Å². The van der Waals surface area contributed by atoms with Crippen LogP contribution in [0.3, 0.4) is 0 Å². The molecule has 0 saturated carbocycles. The van der Waals surface area contributed by atoms with E-state index in [9.17, 15) is 0 Å². The summed E-state index contributed by atoms with van der Waals surface area (Å²) in [5.74, 6) is 2.26. The summed E-state index contributed by atoms with van der Waals surface area (Å²) in [6.45, 7) is 34.3. The smallest absolute Gasteiger partial charge is 0.0220 e. The maximum Gasteiger partial charge on any atom is 0.0220 e. The molecule has 282 valence electrons. The Hall–Kier alpha value is -3.64. The number of hydrogen-bond donors (Lipinski definition) is 0. The lowest BCUT2D eigenvalue weighted by Crippen LogP contribution is -2.36. The molecule has 0 aromatic heterocycles. The fourth-order valence-corrected chi connectivity index (χ4v) is 12.0. The van der Waals surface area contributed by atoms with E-state index in [4.69, 9.17) is 0 Å². The second kappa shape index (κ2) is 12.4. The normalized spacial score (nSPS) is 16.1. The van der Waals surface area contributed by atoms with Gasteiger partial charge < -0.3 is 0 Å². The summed E-state index contributed by atoms with van der Waals surface area (Å²) in [5.41, 5.74) is 14.9. The second-order valence-corrected chi connectivity index (χ2v) is 21.5. The van der Waals surface area contributed by atoms with Gasteiger partial charge in [-0.05, 0) is 160 Å². The third kappa shape index (κ3) is 5.35. The maximum absolute atomic E-state index is 2.72. The minimum atomic E-state index is -0.0601. The number of fused-ring (bicyclic) bond motifs is 4. The first-order valence-corrected chi connectivity index (χ1v) is 21.4. The van der Waals surface area contributed by atoms with Crippen LogP contribution in [-0.2, 0) is 21.7 Å². The van der Waals surface area contributed by atoms with Gasteiger partial charge in [0, 0.05) is 10.8 Å². The third-order valence-electron chi connectivity index (χ3n) is 13.2. The van der Waals surface area contributed by atoms with Crippen LogP contribution in [-0.4, -0.2) is 0 Å². The van der Waals surface area contributed by atoms with Gasteiger partial charge in [0.15, 0.2) is 0 Å². The molecule has 0 unspecified atom stereocenters. The molecule has 8 rings (SSSR count). The van der Waals surface area contributed by atoms with Gasteiger partial charge in [-0.15, -0.1) is 0 Å². The summed E-state index contributed by atoms with van der Waals surface area (Å²) < 4.78 is 0. The highest BCUT2D eigenvalue weighted by Gasteiger charge is 2.47. The molecule has 54 heavy (non-hydrogen) atoms. The zero-order chi connectivity index (χ0) is 38.9. The molecule has 6 aromatic carbocycles. The van der Waals surface area contributed by atoms with Crippen molar-refractivity contribution in [2.75, 3.05) is 0 Å². The van der Waals surface area contributed by atoms with Crippen LogP contribution in [0, 0.1) is 23.7 Å². The first kappa shape index (κ1) is 37.3. The molecular weight excluding hydrogens is 649 g/mol. The summed E-state index contributed by atoms with van der Waals surface area (Å²) >= 11 is 0. The number of hydrogen-bond acceptors (Lipinski definition) is 0. The molecule has 0 bridgehead atoms. The van der Waals surface area contributed by atoms with Crippen LogP contribution in [0.2, 0.25) is 0 Å². The van der Waals surface area contributed by atoms with Gasteiger partial charge in [-0.25, -0.2) is 0 Å². The topological polar surface area (TPSA) is 0 Å². The van der Waals surface area contributed by atoms with Crippen LogP contribution in [0.1, 0.15) is 156 Å². The average Bonchev–Trinajstić information content (AvgIpc) is 3.06. The second-order valence-electron chi connectivity index (χ2n) is 21.5. The van der Waals surface area contributed by atoms with Crippen LogP contribution in [0.5, 0.6) is 0 Å². The molecule has 6 aromatic rings. The van der Waals surface area contributed by atoms with Gasteiger partial charge in [-0.3, -0.25) is 0 Å². The van der Waals surface area contributed by atoms with Crippen LogP contribution in [0.15, 0.2) is 72.8 Å². The average molecular weight is 715 g/mol. The zero-order valence-electron chi connectivity index (χ0n) is 36.1. The summed E-state index contributed by atoms with van der Waals surface area (Å²) in [6.07, 6.45) is 4.60. The van der Waals surface area contributed by atoms with Crippen molar-refractivity contribution in [1.29, 1.82) is 0 Å². The monoisotopic (exact) mass is 715 g/mol. The summed E-state index contributed by atoms with van der Waals surface area (Å²) in [6, 6.07) is 29.9. The predicted molar refractivity (Wildman–Crippen MR) is 238 cm³/mol. The van der Waals surface area contributed by atoms with Crippen molar-refractivity contribution in [2.24, 2.45) is 23.7 Å². The Morgan fingerprint density at radius 2 is 0.704 bits per heavy atom. The summed E-state index contributed by atoms with van der Waals surface area (Å²) in [5, 5.41) is 9.06. The Labute approximate surface area is 327 Å². The van der Waals surface area contributed by atoms with Crippen molar-refractivity contribution >= 4 is 32.3 Å². The molecule has 2 aliphatic carbocycles. The van der Waals surface area contributed by atoms with Gasteiger partial charge >= 0.3 is 0 Å². The molecule has 0 spiro atoms. The van der Waals surface area contributed by atoms with Gasteiger partial charge in [0.2, 0.25) is 0 Å². The van der Waals surface area contributed by atoms with E-state index in [0.717, 1.165) is 25.7 Å². The lowest BCUT2D eigenvalue weighted by atomic mass is 9.56. The Morgan fingerprint density at radius 3 is 1.00 bits per heavy atom. The van der Waals surface area contributed by atoms with E-state index in [-0.39, 0.29) is 21.7 Å². The molecule has 0 atom stereocenters. The third-order valence-corrected chi connectivity index (χ3v) is 13.2. The van der Waals surface area contributed by atoms with Crippen molar-refractivity contribution in [1.82, 2.24) is 0 Å². The highest BCUT2D eigenvalue weighted by Crippen LogP contribution is 2.62. The maximum atomic E-state index is 2.72. The summed E-state index contributed by atoms with van der Waals surface area (Å²) in [4.78, 5) is 0. The Balaban J connectivity index is 1.72. The molecule has 0 heterocycles.